The van der Waals surface area contributed by atoms with Gasteiger partial charge >= 0.3 is 0 Å². The van der Waals surface area contributed by atoms with Gasteiger partial charge in [-0.05, 0) is 48.9 Å². The van der Waals surface area contributed by atoms with Crippen LogP contribution in [0.1, 0.15) is 24.0 Å². The molecule has 0 amide bonds. The minimum Gasteiger partial charge on any atom is -0.437 e. The van der Waals surface area contributed by atoms with E-state index in [1.807, 2.05) is 12.1 Å². The molecule has 3 rings (SSSR count). The average molecular weight is 257 g/mol. The smallest absolute Gasteiger partial charge is 0.277 e. The molecule has 5 nitrogen and oxygen atoms in total. The zero-order valence-electron chi connectivity index (χ0n) is 10.5. The molecular formula is C14H15N3O2. The SMILES string of the molecule is Nc1c(Oc2ccc3c(c2)CCCC3)nc[nH]c1=O. The van der Waals surface area contributed by atoms with Gasteiger partial charge in [0.15, 0.2) is 5.69 Å². The molecule has 98 valence electrons. The summed E-state index contributed by atoms with van der Waals surface area (Å²) >= 11 is 0. The second-order valence-electron chi connectivity index (χ2n) is 4.69. The summed E-state index contributed by atoms with van der Waals surface area (Å²) in [6, 6.07) is 5.98. The molecule has 1 aromatic carbocycles. The van der Waals surface area contributed by atoms with Gasteiger partial charge in [-0.1, -0.05) is 6.07 Å². The van der Waals surface area contributed by atoms with Gasteiger partial charge in [0.2, 0.25) is 5.88 Å². The molecule has 3 N–H and O–H groups in total. The van der Waals surface area contributed by atoms with Crippen LogP contribution < -0.4 is 16.0 Å². The number of anilines is 1. The lowest BCUT2D eigenvalue weighted by atomic mass is 9.92. The molecule has 2 aromatic rings. The molecule has 0 aliphatic heterocycles. The number of nitrogens with one attached hydrogen (secondary N) is 1. The second-order valence-corrected chi connectivity index (χ2v) is 4.69. The lowest BCUT2D eigenvalue weighted by Crippen LogP contribution is -2.13. The van der Waals surface area contributed by atoms with Gasteiger partial charge in [0, 0.05) is 0 Å². The summed E-state index contributed by atoms with van der Waals surface area (Å²) in [5, 5.41) is 0. The Balaban J connectivity index is 1.91. The predicted octanol–water partition coefficient (Wildman–Crippen LogP) is 2.02. The minimum absolute atomic E-state index is 0.000204. The third-order valence-corrected chi connectivity index (χ3v) is 3.39. The Morgan fingerprint density at radius 3 is 2.84 bits per heavy atom. The third kappa shape index (κ3) is 2.31. The number of benzene rings is 1. The van der Waals surface area contributed by atoms with E-state index in [0.29, 0.717) is 5.75 Å². The van der Waals surface area contributed by atoms with Crippen molar-refractivity contribution >= 4 is 5.69 Å². The summed E-state index contributed by atoms with van der Waals surface area (Å²) < 4.78 is 5.60. The number of hydrogen-bond donors (Lipinski definition) is 2. The zero-order chi connectivity index (χ0) is 13.2. The maximum atomic E-state index is 11.4. The molecule has 1 aliphatic rings. The van der Waals surface area contributed by atoms with E-state index in [-0.39, 0.29) is 17.1 Å². The van der Waals surface area contributed by atoms with Crippen LogP contribution in [0.15, 0.2) is 29.3 Å². The number of aryl methyl sites for hydroxylation is 2. The fourth-order valence-electron chi connectivity index (χ4n) is 2.36. The fraction of sp³-hybridized carbons (Fsp3) is 0.286. The zero-order valence-corrected chi connectivity index (χ0v) is 10.5. The van der Waals surface area contributed by atoms with Gasteiger partial charge in [-0.2, -0.15) is 0 Å². The molecule has 1 aliphatic carbocycles. The summed E-state index contributed by atoms with van der Waals surface area (Å²) in [6.07, 6.45) is 5.94. The van der Waals surface area contributed by atoms with Crippen molar-refractivity contribution in [3.63, 3.8) is 0 Å². The predicted molar refractivity (Wildman–Crippen MR) is 72.4 cm³/mol. The number of fused-ring (bicyclic) bond motifs is 1. The summed E-state index contributed by atoms with van der Waals surface area (Å²) in [5.74, 6) is 0.824. The summed E-state index contributed by atoms with van der Waals surface area (Å²) in [6.45, 7) is 0. The monoisotopic (exact) mass is 257 g/mol. The molecule has 0 unspecified atom stereocenters. The number of nitrogens with zero attached hydrogens (tertiary/aromatic N) is 1. The van der Waals surface area contributed by atoms with E-state index in [2.05, 4.69) is 16.0 Å². The lowest BCUT2D eigenvalue weighted by Gasteiger charge is -2.16. The van der Waals surface area contributed by atoms with E-state index in [1.54, 1.807) is 0 Å². The Hall–Kier alpha value is -2.30. The Morgan fingerprint density at radius 2 is 2.00 bits per heavy atom. The molecule has 0 radical (unpaired) electrons. The molecule has 0 atom stereocenters. The summed E-state index contributed by atoms with van der Waals surface area (Å²) in [7, 11) is 0. The van der Waals surface area contributed by atoms with Crippen LogP contribution in [-0.4, -0.2) is 9.97 Å². The van der Waals surface area contributed by atoms with E-state index >= 15 is 0 Å². The van der Waals surface area contributed by atoms with Crippen LogP contribution in [-0.2, 0) is 12.8 Å². The fourth-order valence-corrected chi connectivity index (χ4v) is 2.36. The van der Waals surface area contributed by atoms with Crippen LogP contribution in [0, 0.1) is 0 Å². The lowest BCUT2D eigenvalue weighted by molar-refractivity contribution is 0.462. The molecule has 0 saturated heterocycles. The van der Waals surface area contributed by atoms with Gasteiger partial charge < -0.3 is 15.5 Å². The van der Waals surface area contributed by atoms with Crippen molar-refractivity contribution in [2.45, 2.75) is 25.7 Å². The molecule has 19 heavy (non-hydrogen) atoms. The van der Waals surface area contributed by atoms with Gasteiger partial charge in [0.25, 0.3) is 5.56 Å². The van der Waals surface area contributed by atoms with Crippen molar-refractivity contribution in [2.75, 3.05) is 5.73 Å². The largest absolute Gasteiger partial charge is 0.437 e. The van der Waals surface area contributed by atoms with E-state index in [9.17, 15) is 4.79 Å². The quantitative estimate of drug-likeness (QED) is 0.862. The number of nitrogen functional groups attached to an aromatic ring is 1. The van der Waals surface area contributed by atoms with Crippen molar-refractivity contribution < 1.29 is 4.74 Å². The van der Waals surface area contributed by atoms with Crippen molar-refractivity contribution in [1.82, 2.24) is 9.97 Å². The maximum Gasteiger partial charge on any atom is 0.277 e. The second kappa shape index (κ2) is 4.76. The first-order valence-corrected chi connectivity index (χ1v) is 6.37. The standard InChI is InChI=1S/C14H15N3O2/c15-12-13(18)16-8-17-14(12)19-11-6-5-9-3-1-2-4-10(9)7-11/h5-8H,1-4,15H2,(H,16,17,18). The molecule has 0 fully saturated rings. The van der Waals surface area contributed by atoms with Crippen LogP contribution in [0.25, 0.3) is 0 Å². The van der Waals surface area contributed by atoms with E-state index in [1.165, 1.54) is 30.3 Å². The Labute approximate surface area is 110 Å². The number of rotatable bonds is 2. The highest BCUT2D eigenvalue weighted by molar-refractivity contribution is 5.48. The molecular weight excluding hydrogens is 242 g/mol. The highest BCUT2D eigenvalue weighted by Crippen LogP contribution is 2.28. The van der Waals surface area contributed by atoms with Crippen LogP contribution in [0.3, 0.4) is 0 Å². The number of nitrogens with two attached hydrogens (primary N) is 1. The van der Waals surface area contributed by atoms with Gasteiger partial charge in [0.1, 0.15) is 5.75 Å². The number of hydrogen-bond acceptors (Lipinski definition) is 4. The van der Waals surface area contributed by atoms with Gasteiger partial charge in [-0.15, -0.1) is 0 Å². The van der Waals surface area contributed by atoms with Crippen molar-refractivity contribution in [2.24, 2.45) is 0 Å². The van der Waals surface area contributed by atoms with Gasteiger partial charge in [0.05, 0.1) is 6.33 Å². The first kappa shape index (κ1) is 11.8. The van der Waals surface area contributed by atoms with E-state index in [0.717, 1.165) is 12.8 Å². The average Bonchev–Trinajstić information content (AvgIpc) is 2.44. The molecule has 1 aromatic heterocycles. The molecule has 5 heteroatoms. The number of ether oxygens (including phenoxy) is 1. The molecule has 0 spiro atoms. The van der Waals surface area contributed by atoms with Gasteiger partial charge in [-0.25, -0.2) is 4.98 Å². The topological polar surface area (TPSA) is 81.0 Å². The Kier molecular flexibility index (Phi) is 2.95. The highest BCUT2D eigenvalue weighted by atomic mass is 16.5. The van der Waals surface area contributed by atoms with E-state index < -0.39 is 0 Å². The molecule has 0 bridgehead atoms. The number of aromatic amines is 1. The van der Waals surface area contributed by atoms with Crippen molar-refractivity contribution in [1.29, 1.82) is 0 Å². The maximum absolute atomic E-state index is 11.4. The van der Waals surface area contributed by atoms with Crippen molar-refractivity contribution in [3.8, 4) is 11.6 Å². The van der Waals surface area contributed by atoms with Crippen LogP contribution >= 0.6 is 0 Å². The van der Waals surface area contributed by atoms with Gasteiger partial charge in [-0.3, -0.25) is 4.79 Å². The number of H-pyrrole nitrogens is 1. The Bertz CT molecular complexity index is 664. The van der Waals surface area contributed by atoms with Crippen LogP contribution in [0.2, 0.25) is 0 Å². The van der Waals surface area contributed by atoms with Crippen molar-refractivity contribution in [3.05, 3.63) is 46.0 Å². The van der Waals surface area contributed by atoms with Crippen LogP contribution in [0.5, 0.6) is 11.6 Å². The number of aromatic nitrogens is 2. The van der Waals surface area contributed by atoms with Crippen LogP contribution in [0.4, 0.5) is 5.69 Å². The summed E-state index contributed by atoms with van der Waals surface area (Å²) in [5.41, 5.74) is 7.94. The first-order valence-electron chi connectivity index (χ1n) is 6.37. The highest BCUT2D eigenvalue weighted by Gasteiger charge is 2.12. The first-order chi connectivity index (χ1) is 9.24. The van der Waals surface area contributed by atoms with E-state index in [4.69, 9.17) is 10.5 Å². The normalized spacial score (nSPS) is 13.9. The molecule has 0 saturated carbocycles. The third-order valence-electron chi connectivity index (χ3n) is 3.39. The minimum atomic E-state index is -0.386. The Morgan fingerprint density at radius 1 is 1.21 bits per heavy atom. The molecule has 1 heterocycles. The summed E-state index contributed by atoms with van der Waals surface area (Å²) in [4.78, 5) is 17.7.